The summed E-state index contributed by atoms with van der Waals surface area (Å²) in [5.74, 6) is 2.31. The van der Waals surface area contributed by atoms with Crippen LogP contribution in [-0.2, 0) is 10.0 Å². The van der Waals surface area contributed by atoms with Gasteiger partial charge in [0.1, 0.15) is 11.6 Å². The van der Waals surface area contributed by atoms with Crippen molar-refractivity contribution < 1.29 is 17.9 Å². The van der Waals surface area contributed by atoms with Crippen LogP contribution in [0, 0.1) is 28.1 Å². The van der Waals surface area contributed by atoms with Crippen LogP contribution in [0.1, 0.15) is 77.6 Å². The van der Waals surface area contributed by atoms with E-state index in [-0.39, 0.29) is 21.5 Å². The van der Waals surface area contributed by atoms with Gasteiger partial charge >= 0.3 is 0 Å². The van der Waals surface area contributed by atoms with Crippen LogP contribution in [0.3, 0.4) is 0 Å². The minimum absolute atomic E-state index is 0.121. The number of anilines is 2. The molecule has 2 saturated carbocycles. The number of fused-ring (bicyclic) bond motifs is 5. The Balaban J connectivity index is 1.20. The van der Waals surface area contributed by atoms with Crippen molar-refractivity contribution in [2.75, 3.05) is 29.9 Å². The highest BCUT2D eigenvalue weighted by Gasteiger charge is 2.64. The summed E-state index contributed by atoms with van der Waals surface area (Å²) >= 11 is 0. The molecule has 2 aliphatic carbocycles. The molecule has 1 amide bonds. The number of aromatic nitrogens is 4. The van der Waals surface area contributed by atoms with Gasteiger partial charge in [0.05, 0.1) is 12.2 Å². The zero-order valence-electron chi connectivity index (χ0n) is 26.9. The Kier molecular flexibility index (Phi) is 6.61. The molecule has 0 aromatic carbocycles. The van der Waals surface area contributed by atoms with Crippen LogP contribution in [0.15, 0.2) is 47.6 Å². The number of carbonyl (C=O) groups is 1. The predicted octanol–water partition coefficient (Wildman–Crippen LogP) is 5.04. The minimum Gasteiger partial charge on any atom is -0.477 e. The summed E-state index contributed by atoms with van der Waals surface area (Å²) < 4.78 is 36.5. The molecule has 2 unspecified atom stereocenters. The molecule has 0 radical (unpaired) electrons. The second-order valence-electron chi connectivity index (χ2n) is 15.1. The van der Waals surface area contributed by atoms with E-state index in [4.69, 9.17) is 9.72 Å². The molecule has 45 heavy (non-hydrogen) atoms. The molecule has 12 heteroatoms. The highest BCUT2D eigenvalue weighted by atomic mass is 32.2. The molecule has 3 fully saturated rings. The van der Waals surface area contributed by atoms with Gasteiger partial charge in [-0.15, -0.1) is 5.10 Å². The number of ether oxygens (including phenoxy) is 1. The van der Waals surface area contributed by atoms with Crippen LogP contribution in [0.25, 0.3) is 5.82 Å². The summed E-state index contributed by atoms with van der Waals surface area (Å²) in [5, 5.41) is 7.69. The summed E-state index contributed by atoms with van der Waals surface area (Å²) in [7, 11) is -4.23. The monoisotopic (exact) mass is 633 g/mol. The molecule has 11 nitrogen and oxygen atoms in total. The quantitative estimate of drug-likeness (QED) is 0.397. The number of amides is 1. The first-order valence-corrected chi connectivity index (χ1v) is 17.4. The fourth-order valence-electron chi connectivity index (χ4n) is 8.22. The highest BCUT2D eigenvalue weighted by molar-refractivity contribution is 7.90. The number of hydrogen-bond acceptors (Lipinski definition) is 9. The molecule has 240 valence electrons. The maximum Gasteiger partial charge on any atom is 0.281 e. The van der Waals surface area contributed by atoms with Crippen LogP contribution < -0.4 is 19.7 Å². The molecular formula is C33H43N7O4S. The standard InChI is InChI=1S/C33H43N7O4S/c1-30(2)19-33-18-21(33)12-15-34-24-8-7-9-27(35-24)45(42,43)38-29(41)22-10-11-25(36-28(22)39(30)20-33)40-16-13-26(37-40)44-17-14-23-31(3,4)32(23,5)6/h7-11,13,16,21,23H,12,14-15,17-20H2,1-6H3,(H,34,35)(H,38,41). The van der Waals surface area contributed by atoms with E-state index in [1.54, 1.807) is 35.1 Å². The molecule has 2 N–H and O–H groups in total. The second-order valence-corrected chi connectivity index (χ2v) is 16.8. The summed E-state index contributed by atoms with van der Waals surface area (Å²) in [6.45, 7) is 15.6. The van der Waals surface area contributed by atoms with E-state index in [9.17, 15) is 13.2 Å². The minimum atomic E-state index is -4.23. The van der Waals surface area contributed by atoms with Crippen LogP contribution in [0.2, 0.25) is 0 Å². The van der Waals surface area contributed by atoms with E-state index in [1.165, 1.54) is 6.07 Å². The lowest BCUT2D eigenvalue weighted by molar-refractivity contribution is 0.0981. The Hall–Kier alpha value is -3.67. The summed E-state index contributed by atoms with van der Waals surface area (Å²) in [5.41, 5.74) is 0.619. The van der Waals surface area contributed by atoms with Crippen molar-refractivity contribution in [3.05, 3.63) is 48.2 Å². The average Bonchev–Trinajstić information content (AvgIpc) is 3.48. The van der Waals surface area contributed by atoms with Gasteiger partial charge in [0.2, 0.25) is 5.88 Å². The normalized spacial score (nSPS) is 27.2. The summed E-state index contributed by atoms with van der Waals surface area (Å²) in [6, 6.07) is 9.89. The van der Waals surface area contributed by atoms with Gasteiger partial charge in [0.25, 0.3) is 15.9 Å². The van der Waals surface area contributed by atoms with E-state index in [1.807, 2.05) is 6.07 Å². The number of nitrogens with zero attached hydrogens (tertiary/aromatic N) is 5. The van der Waals surface area contributed by atoms with Crippen molar-refractivity contribution in [2.24, 2.45) is 28.1 Å². The van der Waals surface area contributed by atoms with Crippen molar-refractivity contribution in [3.8, 4) is 11.7 Å². The molecular weight excluding hydrogens is 590 g/mol. The van der Waals surface area contributed by atoms with Crippen LogP contribution in [0.5, 0.6) is 5.88 Å². The lowest BCUT2D eigenvalue weighted by Crippen LogP contribution is -2.41. The van der Waals surface area contributed by atoms with Gasteiger partial charge in [-0.2, -0.15) is 8.42 Å². The van der Waals surface area contributed by atoms with Gasteiger partial charge in [-0.05, 0) is 91.9 Å². The first kappa shape index (κ1) is 30.0. The van der Waals surface area contributed by atoms with Gasteiger partial charge in [0, 0.05) is 30.9 Å². The fraction of sp³-hybridized carbons (Fsp3) is 0.576. The van der Waals surface area contributed by atoms with Gasteiger partial charge in [-0.3, -0.25) is 4.79 Å². The van der Waals surface area contributed by atoms with Crippen molar-refractivity contribution in [3.63, 3.8) is 0 Å². The molecule has 1 spiro atoms. The maximum atomic E-state index is 13.7. The van der Waals surface area contributed by atoms with E-state index in [0.29, 0.717) is 59.2 Å². The number of pyridine rings is 2. The van der Waals surface area contributed by atoms with Crippen LogP contribution >= 0.6 is 0 Å². The molecule has 4 bridgehead atoms. The van der Waals surface area contributed by atoms with Gasteiger partial charge in [-0.1, -0.05) is 33.8 Å². The number of rotatable bonds is 5. The molecule has 2 atom stereocenters. The van der Waals surface area contributed by atoms with Crippen molar-refractivity contribution in [1.82, 2.24) is 24.5 Å². The first-order valence-electron chi connectivity index (χ1n) is 15.9. The molecule has 3 aromatic heterocycles. The van der Waals surface area contributed by atoms with Crippen LogP contribution in [0.4, 0.5) is 11.6 Å². The Morgan fingerprint density at radius 1 is 1.02 bits per heavy atom. The molecule has 3 aromatic rings. The molecule has 1 saturated heterocycles. The number of nitrogens with one attached hydrogen (secondary N) is 2. The number of sulfonamides is 1. The zero-order valence-corrected chi connectivity index (χ0v) is 27.7. The Labute approximate surface area is 265 Å². The van der Waals surface area contributed by atoms with Gasteiger partial charge in [0.15, 0.2) is 10.8 Å². The highest BCUT2D eigenvalue weighted by Crippen LogP contribution is 2.69. The molecule has 2 aliphatic heterocycles. The predicted molar refractivity (Wildman–Crippen MR) is 171 cm³/mol. The third-order valence-electron chi connectivity index (χ3n) is 11.5. The topological polar surface area (TPSA) is 131 Å². The van der Waals surface area contributed by atoms with Gasteiger partial charge in [-0.25, -0.2) is 19.4 Å². The Morgan fingerprint density at radius 2 is 1.80 bits per heavy atom. The third-order valence-corrected chi connectivity index (χ3v) is 12.7. The van der Waals surface area contributed by atoms with E-state index < -0.39 is 15.9 Å². The van der Waals surface area contributed by atoms with E-state index in [0.717, 1.165) is 32.2 Å². The second kappa shape index (κ2) is 9.91. The molecule has 7 rings (SSSR count). The van der Waals surface area contributed by atoms with Crippen molar-refractivity contribution >= 4 is 27.6 Å². The fourth-order valence-corrected chi connectivity index (χ4v) is 9.15. The van der Waals surface area contributed by atoms with Crippen LogP contribution in [-0.4, -0.2) is 59.3 Å². The first-order chi connectivity index (χ1) is 21.1. The maximum absolute atomic E-state index is 13.7. The average molecular weight is 634 g/mol. The number of hydrogen-bond donors (Lipinski definition) is 2. The van der Waals surface area contributed by atoms with E-state index >= 15 is 0 Å². The lowest BCUT2D eigenvalue weighted by Gasteiger charge is -2.33. The Morgan fingerprint density at radius 3 is 2.56 bits per heavy atom. The summed E-state index contributed by atoms with van der Waals surface area (Å²) in [4.78, 5) is 25.1. The zero-order chi connectivity index (χ0) is 32.0. The summed E-state index contributed by atoms with van der Waals surface area (Å²) in [6.07, 6.45) is 5.77. The Bertz CT molecular complexity index is 1770. The largest absolute Gasteiger partial charge is 0.477 e. The number of carbonyl (C=O) groups excluding carboxylic acids is 1. The third kappa shape index (κ3) is 5.05. The van der Waals surface area contributed by atoms with Crippen molar-refractivity contribution in [1.29, 1.82) is 0 Å². The SMILES string of the molecule is CC1(C)CC23CC2CCNc2cccc(n2)S(=O)(=O)NC(=O)c2ccc(-n4ccc(OCCC5C(C)(C)C5(C)C)n4)nc2N1C3. The molecule has 4 aliphatic rings. The molecule has 5 heterocycles. The van der Waals surface area contributed by atoms with Gasteiger partial charge < -0.3 is 15.0 Å². The lowest BCUT2D eigenvalue weighted by atomic mass is 9.92. The smallest absolute Gasteiger partial charge is 0.281 e. The van der Waals surface area contributed by atoms with E-state index in [2.05, 4.69) is 66.6 Å². The van der Waals surface area contributed by atoms with Crippen molar-refractivity contribution in [2.45, 2.75) is 77.8 Å².